The molecule has 0 fully saturated rings. The van der Waals surface area contributed by atoms with Crippen LogP contribution in [-0.4, -0.2) is 43.4 Å². The predicted octanol–water partition coefficient (Wildman–Crippen LogP) is -0.473. The van der Waals surface area contributed by atoms with Gasteiger partial charge >= 0.3 is 0 Å². The number of methoxy groups -OCH3 is 1. The van der Waals surface area contributed by atoms with Crippen LogP contribution >= 0.6 is 0 Å². The van der Waals surface area contributed by atoms with E-state index in [9.17, 15) is 8.42 Å². The molecule has 0 bridgehead atoms. The number of nitrogen functional groups attached to an aromatic ring is 1. The highest BCUT2D eigenvalue weighted by Crippen LogP contribution is 1.98. The molecule has 0 atom stereocenters. The van der Waals surface area contributed by atoms with Crippen LogP contribution in [0.15, 0.2) is 12.3 Å². The predicted molar refractivity (Wildman–Crippen MR) is 57.2 cm³/mol. The SMILES string of the molecule is COCCS(=O)(=O)CCn1ccc(N)n1. The van der Waals surface area contributed by atoms with Crippen LogP contribution in [-0.2, 0) is 21.1 Å². The molecule has 0 saturated carbocycles. The van der Waals surface area contributed by atoms with Crippen molar-refractivity contribution in [3.8, 4) is 0 Å². The van der Waals surface area contributed by atoms with Crippen molar-refractivity contribution in [3.63, 3.8) is 0 Å². The van der Waals surface area contributed by atoms with Gasteiger partial charge in [0, 0.05) is 13.3 Å². The van der Waals surface area contributed by atoms with Gasteiger partial charge in [-0.05, 0) is 6.07 Å². The molecule has 2 N–H and O–H groups in total. The molecule has 0 unspecified atom stereocenters. The summed E-state index contributed by atoms with van der Waals surface area (Å²) in [6, 6.07) is 1.63. The first-order valence-corrected chi connectivity index (χ1v) is 6.34. The van der Waals surface area contributed by atoms with E-state index in [0.717, 1.165) is 0 Å². The van der Waals surface area contributed by atoms with Gasteiger partial charge < -0.3 is 10.5 Å². The number of sulfone groups is 1. The van der Waals surface area contributed by atoms with Crippen molar-refractivity contribution in [1.82, 2.24) is 9.78 Å². The molecule has 0 radical (unpaired) electrons. The monoisotopic (exact) mass is 233 g/mol. The summed E-state index contributed by atoms with van der Waals surface area (Å²) in [6.45, 7) is 0.548. The normalized spacial score (nSPS) is 11.8. The van der Waals surface area contributed by atoms with Crippen molar-refractivity contribution in [2.24, 2.45) is 0 Å². The molecule has 1 aromatic rings. The zero-order valence-electron chi connectivity index (χ0n) is 8.59. The van der Waals surface area contributed by atoms with E-state index in [2.05, 4.69) is 5.10 Å². The van der Waals surface area contributed by atoms with E-state index < -0.39 is 9.84 Å². The average molecular weight is 233 g/mol. The van der Waals surface area contributed by atoms with Crippen molar-refractivity contribution >= 4 is 15.7 Å². The highest BCUT2D eigenvalue weighted by atomic mass is 32.2. The Morgan fingerprint density at radius 3 is 2.80 bits per heavy atom. The molecule has 7 heteroatoms. The van der Waals surface area contributed by atoms with E-state index in [0.29, 0.717) is 12.4 Å². The van der Waals surface area contributed by atoms with Crippen LogP contribution in [0.3, 0.4) is 0 Å². The molecule has 1 aromatic heterocycles. The van der Waals surface area contributed by atoms with Gasteiger partial charge in [0.1, 0.15) is 5.82 Å². The van der Waals surface area contributed by atoms with E-state index >= 15 is 0 Å². The van der Waals surface area contributed by atoms with Gasteiger partial charge in [-0.2, -0.15) is 5.10 Å². The minimum absolute atomic E-state index is 0.0419. The third kappa shape index (κ3) is 4.30. The Bertz CT molecular complexity index is 399. The molecule has 0 amide bonds. The number of aromatic nitrogens is 2. The van der Waals surface area contributed by atoms with Gasteiger partial charge in [0.05, 0.1) is 24.7 Å². The number of nitrogens with zero attached hydrogens (tertiary/aromatic N) is 2. The summed E-state index contributed by atoms with van der Waals surface area (Å²) in [5, 5.41) is 3.89. The Kier molecular flexibility index (Phi) is 4.10. The summed E-state index contributed by atoms with van der Waals surface area (Å²) in [6.07, 6.45) is 1.65. The summed E-state index contributed by atoms with van der Waals surface area (Å²) in [5.74, 6) is 0.488. The Hall–Kier alpha value is -1.08. The van der Waals surface area contributed by atoms with Gasteiger partial charge in [-0.25, -0.2) is 8.42 Å². The van der Waals surface area contributed by atoms with Crippen LogP contribution in [0.25, 0.3) is 0 Å². The molecule has 6 nitrogen and oxygen atoms in total. The summed E-state index contributed by atoms with van der Waals surface area (Å²) in [5.41, 5.74) is 5.40. The lowest BCUT2D eigenvalue weighted by Crippen LogP contribution is -2.19. The molecule has 0 spiro atoms. The molecular weight excluding hydrogens is 218 g/mol. The first-order chi connectivity index (χ1) is 7.03. The lowest BCUT2D eigenvalue weighted by Gasteiger charge is -2.03. The smallest absolute Gasteiger partial charge is 0.154 e. The first kappa shape index (κ1) is 12.0. The third-order valence-electron chi connectivity index (χ3n) is 1.89. The number of hydrogen-bond donors (Lipinski definition) is 1. The van der Waals surface area contributed by atoms with E-state index in [1.54, 1.807) is 12.3 Å². The molecule has 0 aromatic carbocycles. The summed E-state index contributed by atoms with van der Waals surface area (Å²) in [7, 11) is -1.58. The Morgan fingerprint density at radius 1 is 1.53 bits per heavy atom. The van der Waals surface area contributed by atoms with Crippen LogP contribution in [0.4, 0.5) is 5.82 Å². The molecular formula is C8H15N3O3S. The number of nitrogens with two attached hydrogens (primary N) is 1. The fourth-order valence-corrected chi connectivity index (χ4v) is 2.14. The number of hydrogen-bond acceptors (Lipinski definition) is 5. The van der Waals surface area contributed by atoms with Crippen molar-refractivity contribution < 1.29 is 13.2 Å². The van der Waals surface area contributed by atoms with E-state index in [1.165, 1.54) is 11.8 Å². The maximum atomic E-state index is 11.4. The molecule has 0 saturated heterocycles. The quantitative estimate of drug-likeness (QED) is 0.717. The summed E-state index contributed by atoms with van der Waals surface area (Å²) in [4.78, 5) is 0. The molecule has 15 heavy (non-hydrogen) atoms. The lowest BCUT2D eigenvalue weighted by molar-refractivity contribution is 0.217. The van der Waals surface area contributed by atoms with Crippen molar-refractivity contribution in [2.45, 2.75) is 6.54 Å². The first-order valence-electron chi connectivity index (χ1n) is 4.52. The van der Waals surface area contributed by atoms with Crippen LogP contribution in [0.5, 0.6) is 0 Å². The fourth-order valence-electron chi connectivity index (χ4n) is 1.05. The van der Waals surface area contributed by atoms with Crippen LogP contribution < -0.4 is 5.73 Å². The number of rotatable bonds is 6. The van der Waals surface area contributed by atoms with Crippen molar-refractivity contribution in [1.29, 1.82) is 0 Å². The minimum atomic E-state index is -3.06. The summed E-state index contributed by atoms with van der Waals surface area (Å²) < 4.78 is 29.1. The van der Waals surface area contributed by atoms with Gasteiger partial charge in [-0.1, -0.05) is 0 Å². The van der Waals surface area contributed by atoms with Gasteiger partial charge in [-0.3, -0.25) is 4.68 Å². The summed E-state index contributed by atoms with van der Waals surface area (Å²) >= 11 is 0. The number of ether oxygens (including phenoxy) is 1. The molecule has 86 valence electrons. The Balaban J connectivity index is 2.42. The van der Waals surface area contributed by atoms with E-state index in [1.807, 2.05) is 0 Å². The molecule has 0 aliphatic carbocycles. The van der Waals surface area contributed by atoms with E-state index in [4.69, 9.17) is 10.5 Å². The zero-order valence-corrected chi connectivity index (χ0v) is 9.40. The molecule has 1 heterocycles. The highest BCUT2D eigenvalue weighted by molar-refractivity contribution is 7.91. The maximum absolute atomic E-state index is 11.4. The average Bonchev–Trinajstić information content (AvgIpc) is 2.59. The van der Waals surface area contributed by atoms with Gasteiger partial charge in [0.2, 0.25) is 0 Å². The lowest BCUT2D eigenvalue weighted by atomic mass is 10.7. The largest absolute Gasteiger partial charge is 0.384 e. The standard InChI is InChI=1S/C8H15N3O3S/c1-14-5-7-15(12,13)6-4-11-3-2-8(9)10-11/h2-3H,4-7H2,1H3,(H2,9,10). The van der Waals surface area contributed by atoms with Gasteiger partial charge in [0.15, 0.2) is 9.84 Å². The minimum Gasteiger partial charge on any atom is -0.384 e. The van der Waals surface area contributed by atoms with Gasteiger partial charge in [-0.15, -0.1) is 0 Å². The molecule has 0 aliphatic heterocycles. The highest BCUT2D eigenvalue weighted by Gasteiger charge is 2.10. The number of aryl methyl sites for hydroxylation is 1. The number of anilines is 1. The Labute approximate surface area is 88.9 Å². The molecule has 0 aliphatic rings. The topological polar surface area (TPSA) is 87.2 Å². The van der Waals surface area contributed by atoms with Crippen LogP contribution in [0, 0.1) is 0 Å². The van der Waals surface area contributed by atoms with E-state index in [-0.39, 0.29) is 18.1 Å². The van der Waals surface area contributed by atoms with Crippen molar-refractivity contribution in [3.05, 3.63) is 12.3 Å². The van der Waals surface area contributed by atoms with Crippen LogP contribution in [0.2, 0.25) is 0 Å². The maximum Gasteiger partial charge on any atom is 0.154 e. The zero-order chi connectivity index (χ0) is 11.3. The van der Waals surface area contributed by atoms with Gasteiger partial charge in [0.25, 0.3) is 0 Å². The fraction of sp³-hybridized carbons (Fsp3) is 0.625. The Morgan fingerprint density at radius 2 is 2.27 bits per heavy atom. The second-order valence-electron chi connectivity index (χ2n) is 3.15. The van der Waals surface area contributed by atoms with Crippen LogP contribution in [0.1, 0.15) is 0 Å². The third-order valence-corrected chi connectivity index (χ3v) is 3.48. The van der Waals surface area contributed by atoms with Crippen molar-refractivity contribution in [2.75, 3.05) is 31.0 Å². The second kappa shape index (κ2) is 5.13. The molecule has 1 rings (SSSR count). The second-order valence-corrected chi connectivity index (χ2v) is 5.45.